The molecular weight excluding hydrogens is 335 g/mol. The summed E-state index contributed by atoms with van der Waals surface area (Å²) in [6.07, 6.45) is 4.34. The van der Waals surface area contributed by atoms with Gasteiger partial charge in [-0.05, 0) is 23.8 Å². The molecule has 4 nitrogen and oxygen atoms in total. The number of methoxy groups -OCH3 is 1. The van der Waals surface area contributed by atoms with Gasteiger partial charge in [-0.2, -0.15) is 0 Å². The molecular formula is C17H18Cl2N2O2. The van der Waals surface area contributed by atoms with Gasteiger partial charge in [-0.1, -0.05) is 47.4 Å². The van der Waals surface area contributed by atoms with Gasteiger partial charge in [0.2, 0.25) is 6.29 Å². The van der Waals surface area contributed by atoms with Gasteiger partial charge in [0, 0.05) is 42.9 Å². The van der Waals surface area contributed by atoms with Crippen molar-refractivity contribution in [2.75, 3.05) is 7.11 Å². The average Bonchev–Trinajstić information content (AvgIpc) is 2.56. The molecule has 0 aliphatic carbocycles. The molecule has 23 heavy (non-hydrogen) atoms. The van der Waals surface area contributed by atoms with Crippen LogP contribution in [-0.2, 0) is 16.0 Å². The Morgan fingerprint density at radius 1 is 1.30 bits per heavy atom. The lowest BCUT2D eigenvalue weighted by Gasteiger charge is -2.13. The van der Waals surface area contributed by atoms with E-state index in [1.54, 1.807) is 31.6 Å². The van der Waals surface area contributed by atoms with Crippen LogP contribution in [0.3, 0.4) is 0 Å². The molecule has 0 radical (unpaired) electrons. The van der Waals surface area contributed by atoms with Crippen molar-refractivity contribution in [3.8, 4) is 0 Å². The van der Waals surface area contributed by atoms with E-state index in [-0.39, 0.29) is 0 Å². The molecule has 1 aromatic carbocycles. The monoisotopic (exact) mass is 352 g/mol. The topological polar surface area (TPSA) is 43.7 Å². The van der Waals surface area contributed by atoms with Gasteiger partial charge in [-0.3, -0.25) is 4.98 Å². The first-order chi connectivity index (χ1) is 11.1. The van der Waals surface area contributed by atoms with Crippen molar-refractivity contribution in [3.05, 3.63) is 63.9 Å². The van der Waals surface area contributed by atoms with Crippen LogP contribution in [0.4, 0.5) is 0 Å². The van der Waals surface area contributed by atoms with Crippen molar-refractivity contribution in [2.24, 2.45) is 5.16 Å². The summed E-state index contributed by atoms with van der Waals surface area (Å²) in [6.45, 7) is 1.96. The summed E-state index contributed by atoms with van der Waals surface area (Å²) in [6, 6.07) is 9.14. The van der Waals surface area contributed by atoms with Gasteiger partial charge in [0.1, 0.15) is 0 Å². The summed E-state index contributed by atoms with van der Waals surface area (Å²) in [5.74, 6) is 0. The van der Waals surface area contributed by atoms with Crippen LogP contribution in [0.5, 0.6) is 0 Å². The van der Waals surface area contributed by atoms with Crippen LogP contribution in [0.15, 0.2) is 47.9 Å². The van der Waals surface area contributed by atoms with Crippen LogP contribution < -0.4 is 0 Å². The Kier molecular flexibility index (Phi) is 6.84. The fourth-order valence-corrected chi connectivity index (χ4v) is 2.52. The Morgan fingerprint density at radius 3 is 2.74 bits per heavy atom. The SMILES string of the molecule is CCC(OC)ON=C(Cc1cccnc1)c1ccc(Cl)cc1Cl. The predicted octanol–water partition coefficient (Wildman–Crippen LogP) is 4.73. The zero-order valence-corrected chi connectivity index (χ0v) is 14.5. The summed E-state index contributed by atoms with van der Waals surface area (Å²) in [5, 5.41) is 5.35. The molecule has 1 unspecified atom stereocenters. The van der Waals surface area contributed by atoms with Crippen molar-refractivity contribution in [1.29, 1.82) is 0 Å². The zero-order valence-electron chi connectivity index (χ0n) is 13.0. The van der Waals surface area contributed by atoms with Gasteiger partial charge in [0.25, 0.3) is 0 Å². The van der Waals surface area contributed by atoms with E-state index in [1.807, 2.05) is 25.1 Å². The van der Waals surface area contributed by atoms with Crippen molar-refractivity contribution < 1.29 is 9.57 Å². The lowest BCUT2D eigenvalue weighted by atomic mass is 10.0. The van der Waals surface area contributed by atoms with Crippen molar-refractivity contribution in [1.82, 2.24) is 4.98 Å². The van der Waals surface area contributed by atoms with Gasteiger partial charge in [-0.25, -0.2) is 0 Å². The van der Waals surface area contributed by atoms with E-state index in [4.69, 9.17) is 32.8 Å². The Labute approximate surface area is 146 Å². The predicted molar refractivity (Wildman–Crippen MR) is 93.1 cm³/mol. The second-order valence-corrected chi connectivity index (χ2v) is 5.72. The lowest BCUT2D eigenvalue weighted by molar-refractivity contribution is -0.124. The van der Waals surface area contributed by atoms with E-state index >= 15 is 0 Å². The first-order valence-corrected chi connectivity index (χ1v) is 7.99. The van der Waals surface area contributed by atoms with E-state index in [2.05, 4.69) is 10.1 Å². The van der Waals surface area contributed by atoms with Gasteiger partial charge < -0.3 is 9.57 Å². The molecule has 6 heteroatoms. The molecule has 0 N–H and O–H groups in total. The molecule has 0 saturated heterocycles. The highest BCUT2D eigenvalue weighted by Crippen LogP contribution is 2.23. The fraction of sp³-hybridized carbons (Fsp3) is 0.294. The fourth-order valence-electron chi connectivity index (χ4n) is 2.00. The largest absolute Gasteiger partial charge is 0.363 e. The van der Waals surface area contributed by atoms with Gasteiger partial charge in [0.05, 0.1) is 10.7 Å². The highest BCUT2D eigenvalue weighted by atomic mass is 35.5. The molecule has 2 rings (SSSR count). The molecule has 0 amide bonds. The maximum absolute atomic E-state index is 6.31. The molecule has 0 aliphatic rings. The van der Waals surface area contributed by atoms with Crippen LogP contribution in [-0.4, -0.2) is 24.1 Å². The van der Waals surface area contributed by atoms with Gasteiger partial charge in [-0.15, -0.1) is 0 Å². The van der Waals surface area contributed by atoms with E-state index in [9.17, 15) is 0 Å². The third-order valence-corrected chi connectivity index (χ3v) is 3.76. The van der Waals surface area contributed by atoms with E-state index in [1.165, 1.54) is 0 Å². The molecule has 0 fully saturated rings. The maximum atomic E-state index is 6.31. The molecule has 0 saturated carbocycles. The normalized spacial score (nSPS) is 13.0. The molecule has 1 aromatic heterocycles. The number of nitrogens with zero attached hydrogens (tertiary/aromatic N) is 2. The zero-order chi connectivity index (χ0) is 16.7. The summed E-state index contributed by atoms with van der Waals surface area (Å²) in [4.78, 5) is 9.59. The Balaban J connectivity index is 2.32. The summed E-state index contributed by atoms with van der Waals surface area (Å²) in [7, 11) is 1.58. The number of pyridine rings is 1. The van der Waals surface area contributed by atoms with E-state index < -0.39 is 6.29 Å². The molecule has 0 spiro atoms. The van der Waals surface area contributed by atoms with Crippen LogP contribution >= 0.6 is 23.2 Å². The second kappa shape index (κ2) is 8.87. The number of benzene rings is 1. The third-order valence-electron chi connectivity index (χ3n) is 3.21. The Hall–Kier alpha value is -1.62. The number of halogens is 2. The minimum atomic E-state index is -0.398. The van der Waals surface area contributed by atoms with E-state index in [0.717, 1.165) is 11.1 Å². The lowest BCUT2D eigenvalue weighted by Crippen LogP contribution is -2.14. The van der Waals surface area contributed by atoms with Crippen LogP contribution in [0.25, 0.3) is 0 Å². The van der Waals surface area contributed by atoms with Crippen LogP contribution in [0, 0.1) is 0 Å². The highest BCUT2D eigenvalue weighted by Gasteiger charge is 2.13. The molecule has 122 valence electrons. The van der Waals surface area contributed by atoms with Crippen molar-refractivity contribution in [2.45, 2.75) is 26.1 Å². The Bertz CT molecular complexity index is 659. The second-order valence-electron chi connectivity index (χ2n) is 4.88. The average molecular weight is 353 g/mol. The molecule has 0 bridgehead atoms. The molecule has 2 aromatic rings. The van der Waals surface area contributed by atoms with E-state index in [0.29, 0.717) is 28.6 Å². The summed E-state index contributed by atoms with van der Waals surface area (Å²) in [5.41, 5.74) is 2.47. The number of hydrogen-bond acceptors (Lipinski definition) is 4. The van der Waals surface area contributed by atoms with Gasteiger partial charge >= 0.3 is 0 Å². The highest BCUT2D eigenvalue weighted by molar-refractivity contribution is 6.37. The minimum absolute atomic E-state index is 0.398. The smallest absolute Gasteiger partial charge is 0.226 e. The molecule has 1 atom stereocenters. The summed E-state index contributed by atoms with van der Waals surface area (Å²) < 4.78 is 5.19. The number of ether oxygens (including phenoxy) is 1. The Morgan fingerprint density at radius 2 is 2.13 bits per heavy atom. The van der Waals surface area contributed by atoms with Crippen LogP contribution in [0.1, 0.15) is 24.5 Å². The number of oxime groups is 1. The van der Waals surface area contributed by atoms with Crippen molar-refractivity contribution >= 4 is 28.9 Å². The number of aromatic nitrogens is 1. The standard InChI is InChI=1S/C17H18Cl2N2O2/c1-3-17(22-2)23-21-16(9-12-5-4-8-20-11-12)14-7-6-13(18)10-15(14)19/h4-8,10-11,17H,3,9H2,1-2H3. The number of hydrogen-bond donors (Lipinski definition) is 0. The van der Waals surface area contributed by atoms with Crippen LogP contribution in [0.2, 0.25) is 10.0 Å². The first kappa shape index (κ1) is 17.7. The quantitative estimate of drug-likeness (QED) is 0.410. The maximum Gasteiger partial charge on any atom is 0.226 e. The molecule has 1 heterocycles. The minimum Gasteiger partial charge on any atom is -0.363 e. The number of rotatable bonds is 7. The molecule has 0 aliphatic heterocycles. The van der Waals surface area contributed by atoms with Gasteiger partial charge in [0.15, 0.2) is 0 Å². The summed E-state index contributed by atoms with van der Waals surface area (Å²) >= 11 is 12.3. The first-order valence-electron chi connectivity index (χ1n) is 7.23. The van der Waals surface area contributed by atoms with Crippen molar-refractivity contribution in [3.63, 3.8) is 0 Å². The third kappa shape index (κ3) is 5.20.